The molecule has 1 aliphatic carbocycles. The molecule has 3 aromatic rings. The highest BCUT2D eigenvalue weighted by molar-refractivity contribution is 7.21. The number of nitrogens with one attached hydrogen (secondary N) is 1. The number of carbonyl (C=O) groups is 1. The van der Waals surface area contributed by atoms with Crippen molar-refractivity contribution >= 4 is 38.8 Å². The van der Waals surface area contributed by atoms with Crippen LogP contribution in [0.1, 0.15) is 39.9 Å². The van der Waals surface area contributed by atoms with Gasteiger partial charge in [0.25, 0.3) is 5.91 Å². The first-order valence-corrected chi connectivity index (χ1v) is 8.56. The number of anilines is 2. The van der Waals surface area contributed by atoms with Gasteiger partial charge in [-0.2, -0.15) is 0 Å². The summed E-state index contributed by atoms with van der Waals surface area (Å²) in [5, 5.41) is 13.7. The third kappa shape index (κ3) is 2.51. The number of fused-ring (bicyclic) bond motifs is 2. The molecule has 1 unspecified atom stereocenters. The van der Waals surface area contributed by atoms with E-state index >= 15 is 0 Å². The van der Waals surface area contributed by atoms with Gasteiger partial charge in [-0.3, -0.25) is 9.78 Å². The molecule has 24 heavy (non-hydrogen) atoms. The van der Waals surface area contributed by atoms with E-state index in [4.69, 9.17) is 5.73 Å². The van der Waals surface area contributed by atoms with E-state index < -0.39 is 6.10 Å². The Morgan fingerprint density at radius 2 is 2.17 bits per heavy atom. The van der Waals surface area contributed by atoms with Crippen LogP contribution in [0.25, 0.3) is 10.2 Å². The van der Waals surface area contributed by atoms with Crippen molar-refractivity contribution in [3.8, 4) is 0 Å². The molecule has 0 saturated heterocycles. The Morgan fingerprint density at radius 1 is 1.38 bits per heavy atom. The number of nitrogens with zero attached hydrogens (tertiary/aromatic N) is 2. The van der Waals surface area contributed by atoms with Crippen LogP contribution in [0.2, 0.25) is 0 Å². The average molecular weight is 340 g/mol. The van der Waals surface area contributed by atoms with Crippen LogP contribution in [0.3, 0.4) is 0 Å². The van der Waals surface area contributed by atoms with Crippen LogP contribution in [0.4, 0.5) is 11.4 Å². The van der Waals surface area contributed by atoms with Crippen LogP contribution >= 0.6 is 11.3 Å². The molecule has 0 saturated carbocycles. The molecule has 122 valence electrons. The highest BCUT2D eigenvalue weighted by atomic mass is 32.1. The summed E-state index contributed by atoms with van der Waals surface area (Å²) >= 11 is 1.28. The molecule has 1 atom stereocenters. The lowest BCUT2D eigenvalue weighted by Crippen LogP contribution is -2.12. The Balaban J connectivity index is 1.74. The van der Waals surface area contributed by atoms with E-state index in [9.17, 15) is 9.90 Å². The summed E-state index contributed by atoms with van der Waals surface area (Å²) in [6.07, 6.45) is 5.22. The van der Waals surface area contributed by atoms with E-state index in [0.717, 1.165) is 40.7 Å². The van der Waals surface area contributed by atoms with E-state index in [0.29, 0.717) is 16.3 Å². The molecular weight excluding hydrogens is 324 g/mol. The molecule has 0 aliphatic heterocycles. The molecule has 4 N–H and O–H groups in total. The summed E-state index contributed by atoms with van der Waals surface area (Å²) in [6.45, 7) is 0. The van der Waals surface area contributed by atoms with E-state index in [-0.39, 0.29) is 5.91 Å². The molecule has 0 spiro atoms. The maximum absolute atomic E-state index is 12.5. The number of hydrogen-bond acceptors (Lipinski definition) is 6. The fourth-order valence-corrected chi connectivity index (χ4v) is 3.98. The topological polar surface area (TPSA) is 101 Å². The number of nitrogens with two attached hydrogens (primary N) is 1. The first-order valence-electron chi connectivity index (χ1n) is 7.74. The lowest BCUT2D eigenvalue weighted by molar-refractivity contribution is 0.103. The van der Waals surface area contributed by atoms with Gasteiger partial charge in [-0.1, -0.05) is 0 Å². The molecular formula is C17H16N4O2S. The van der Waals surface area contributed by atoms with Gasteiger partial charge >= 0.3 is 0 Å². The second-order valence-corrected chi connectivity index (χ2v) is 6.82. The first kappa shape index (κ1) is 15.0. The number of pyridine rings is 2. The van der Waals surface area contributed by atoms with Crippen LogP contribution < -0.4 is 11.1 Å². The highest BCUT2D eigenvalue weighted by Gasteiger charge is 2.24. The predicted octanol–water partition coefficient (Wildman–Crippen LogP) is 2.90. The summed E-state index contributed by atoms with van der Waals surface area (Å²) < 4.78 is 0. The lowest BCUT2D eigenvalue weighted by atomic mass is 9.93. The molecule has 0 radical (unpaired) electrons. The first-order chi connectivity index (χ1) is 11.6. The largest absolute Gasteiger partial charge is 0.397 e. The van der Waals surface area contributed by atoms with Gasteiger partial charge in [0.15, 0.2) is 0 Å². The van der Waals surface area contributed by atoms with Crippen molar-refractivity contribution in [2.24, 2.45) is 0 Å². The van der Waals surface area contributed by atoms with Gasteiger partial charge in [-0.25, -0.2) is 4.98 Å². The zero-order valence-corrected chi connectivity index (χ0v) is 13.6. The maximum Gasteiger partial charge on any atom is 0.267 e. The van der Waals surface area contributed by atoms with E-state index in [1.165, 1.54) is 11.3 Å². The fourth-order valence-electron chi connectivity index (χ4n) is 2.99. The van der Waals surface area contributed by atoms with Crippen LogP contribution in [-0.2, 0) is 6.42 Å². The van der Waals surface area contributed by atoms with Crippen molar-refractivity contribution in [2.45, 2.75) is 25.4 Å². The van der Waals surface area contributed by atoms with Crippen molar-refractivity contribution in [1.29, 1.82) is 0 Å². The van der Waals surface area contributed by atoms with Crippen molar-refractivity contribution in [1.82, 2.24) is 9.97 Å². The molecule has 6 nitrogen and oxygen atoms in total. The molecule has 1 aliphatic rings. The third-order valence-electron chi connectivity index (χ3n) is 4.23. The molecule has 0 bridgehead atoms. The van der Waals surface area contributed by atoms with Crippen LogP contribution in [0.15, 0.2) is 30.6 Å². The Morgan fingerprint density at radius 3 is 2.96 bits per heavy atom. The Hall–Kier alpha value is -2.51. The third-order valence-corrected chi connectivity index (χ3v) is 5.34. The summed E-state index contributed by atoms with van der Waals surface area (Å²) in [5.41, 5.74) is 9.00. The molecule has 0 aromatic carbocycles. The van der Waals surface area contributed by atoms with E-state index in [1.54, 1.807) is 24.5 Å². The number of carbonyl (C=O) groups excluding carboxylic acids is 1. The SMILES string of the molecule is Nc1c(C(=O)Nc2ccncc2)sc2nc3c(cc12)C(O)CCC3. The van der Waals surface area contributed by atoms with Gasteiger partial charge in [0, 0.05) is 34.7 Å². The molecule has 3 aromatic heterocycles. The van der Waals surface area contributed by atoms with Gasteiger partial charge in [0.2, 0.25) is 0 Å². The Kier molecular flexibility index (Phi) is 3.66. The average Bonchev–Trinajstić information content (AvgIpc) is 2.91. The van der Waals surface area contributed by atoms with Crippen molar-refractivity contribution in [3.63, 3.8) is 0 Å². The number of hydrogen-bond donors (Lipinski definition) is 3. The van der Waals surface area contributed by atoms with E-state index in [2.05, 4.69) is 15.3 Å². The van der Waals surface area contributed by atoms with E-state index in [1.807, 2.05) is 6.07 Å². The van der Waals surface area contributed by atoms with Crippen LogP contribution in [0, 0.1) is 0 Å². The van der Waals surface area contributed by atoms with Crippen LogP contribution in [-0.4, -0.2) is 21.0 Å². The molecule has 7 heteroatoms. The van der Waals surface area contributed by atoms with Gasteiger partial charge < -0.3 is 16.2 Å². The predicted molar refractivity (Wildman–Crippen MR) is 94.1 cm³/mol. The number of rotatable bonds is 2. The number of aromatic nitrogens is 2. The van der Waals surface area contributed by atoms with Crippen molar-refractivity contribution < 1.29 is 9.90 Å². The Bertz CT molecular complexity index is 923. The number of thiophene rings is 1. The smallest absolute Gasteiger partial charge is 0.267 e. The van der Waals surface area contributed by atoms with Gasteiger partial charge in [0.1, 0.15) is 9.71 Å². The fraction of sp³-hybridized carbons (Fsp3) is 0.235. The summed E-state index contributed by atoms with van der Waals surface area (Å²) in [4.78, 5) is 22.2. The molecule has 1 amide bonds. The molecule has 3 heterocycles. The second-order valence-electron chi connectivity index (χ2n) is 5.82. The normalized spacial score (nSPS) is 16.8. The lowest BCUT2D eigenvalue weighted by Gasteiger charge is -2.20. The molecule has 0 fully saturated rings. The summed E-state index contributed by atoms with van der Waals surface area (Å²) in [7, 11) is 0. The zero-order chi connectivity index (χ0) is 16.7. The van der Waals surface area contributed by atoms with Gasteiger partial charge in [0.05, 0.1) is 11.8 Å². The zero-order valence-electron chi connectivity index (χ0n) is 12.8. The standard InChI is InChI=1S/C17H16N4O2S/c18-14-11-8-10-12(2-1-3-13(10)22)21-17(11)24-15(14)16(23)20-9-4-6-19-7-5-9/h4-8,13,22H,1-3,18H2,(H,19,20,23). The number of amides is 1. The quantitative estimate of drug-likeness (QED) is 0.666. The van der Waals surface area contributed by atoms with Gasteiger partial charge in [-0.05, 0) is 37.5 Å². The second kappa shape index (κ2) is 5.85. The number of aryl methyl sites for hydroxylation is 1. The minimum absolute atomic E-state index is 0.264. The summed E-state index contributed by atoms with van der Waals surface area (Å²) in [5.74, 6) is -0.264. The highest BCUT2D eigenvalue weighted by Crippen LogP contribution is 2.38. The monoisotopic (exact) mass is 340 g/mol. The minimum Gasteiger partial charge on any atom is -0.397 e. The molecule has 4 rings (SSSR count). The summed E-state index contributed by atoms with van der Waals surface area (Å²) in [6, 6.07) is 5.32. The number of aliphatic hydroxyl groups is 1. The van der Waals surface area contributed by atoms with Crippen molar-refractivity contribution in [2.75, 3.05) is 11.1 Å². The minimum atomic E-state index is -0.501. The van der Waals surface area contributed by atoms with Gasteiger partial charge in [-0.15, -0.1) is 11.3 Å². The maximum atomic E-state index is 12.5. The number of aliphatic hydroxyl groups excluding tert-OH is 1. The number of nitrogen functional groups attached to an aromatic ring is 1. The van der Waals surface area contributed by atoms with Crippen LogP contribution in [0.5, 0.6) is 0 Å². The van der Waals surface area contributed by atoms with Crippen molar-refractivity contribution in [3.05, 3.63) is 46.7 Å². The Labute approximate surface area is 142 Å².